The van der Waals surface area contributed by atoms with Crippen molar-refractivity contribution in [3.05, 3.63) is 106 Å². The number of imide groups is 1. The van der Waals surface area contributed by atoms with E-state index >= 15 is 0 Å². The first-order valence-electron chi connectivity index (χ1n) is 10.4. The Labute approximate surface area is 196 Å². The molecule has 3 amide bonds. The van der Waals surface area contributed by atoms with Gasteiger partial charge in [-0.1, -0.05) is 60.1 Å². The fourth-order valence-corrected chi connectivity index (χ4v) is 3.78. The predicted octanol–water partition coefficient (Wildman–Crippen LogP) is 4.67. The summed E-state index contributed by atoms with van der Waals surface area (Å²) in [5.74, 6) is -1.39. The van der Waals surface area contributed by atoms with Crippen LogP contribution in [-0.4, -0.2) is 17.7 Å². The van der Waals surface area contributed by atoms with Crippen molar-refractivity contribution in [1.29, 1.82) is 0 Å². The molecule has 6 nitrogen and oxygen atoms in total. The van der Waals surface area contributed by atoms with E-state index in [4.69, 9.17) is 11.6 Å². The minimum atomic E-state index is -0.588. The molecule has 7 heteroatoms. The van der Waals surface area contributed by atoms with E-state index in [-0.39, 0.29) is 16.6 Å². The minimum absolute atomic E-state index is 0.0237. The summed E-state index contributed by atoms with van der Waals surface area (Å²) in [7, 11) is 0. The Bertz CT molecular complexity index is 1280. The van der Waals surface area contributed by atoms with Crippen LogP contribution in [0.1, 0.15) is 27.0 Å². The summed E-state index contributed by atoms with van der Waals surface area (Å²) in [5.41, 5.74) is 4.12. The predicted molar refractivity (Wildman–Crippen MR) is 129 cm³/mol. The zero-order chi connectivity index (χ0) is 23.5. The molecular weight excluding hydrogens is 438 g/mol. The van der Waals surface area contributed by atoms with Crippen molar-refractivity contribution in [2.24, 2.45) is 0 Å². The van der Waals surface area contributed by atoms with Gasteiger partial charge in [0.15, 0.2) is 0 Å². The fourth-order valence-electron chi connectivity index (χ4n) is 3.57. The quantitative estimate of drug-likeness (QED) is 0.525. The van der Waals surface area contributed by atoms with E-state index in [0.717, 1.165) is 21.6 Å². The highest BCUT2D eigenvalue weighted by Crippen LogP contribution is 2.33. The molecule has 3 aromatic carbocycles. The van der Waals surface area contributed by atoms with Gasteiger partial charge in [0, 0.05) is 17.8 Å². The Kier molecular flexibility index (Phi) is 6.29. The molecule has 0 aliphatic carbocycles. The number of nitrogens with one attached hydrogen (secondary N) is 2. The van der Waals surface area contributed by atoms with Crippen molar-refractivity contribution >= 4 is 40.7 Å². The van der Waals surface area contributed by atoms with E-state index in [1.165, 1.54) is 0 Å². The second-order valence-electron chi connectivity index (χ2n) is 7.73. The first-order chi connectivity index (χ1) is 15.9. The zero-order valence-electron chi connectivity index (χ0n) is 18.2. The number of benzene rings is 3. The Balaban J connectivity index is 1.52. The molecule has 2 N–H and O–H groups in total. The molecule has 1 heterocycles. The first kappa shape index (κ1) is 22.3. The lowest BCUT2D eigenvalue weighted by Crippen LogP contribution is -2.33. The topological polar surface area (TPSA) is 78.5 Å². The van der Waals surface area contributed by atoms with Gasteiger partial charge in [-0.25, -0.2) is 4.90 Å². The third-order valence-electron chi connectivity index (χ3n) is 5.53. The molecule has 0 bridgehead atoms. The summed E-state index contributed by atoms with van der Waals surface area (Å²) in [4.78, 5) is 39.5. The van der Waals surface area contributed by atoms with Crippen LogP contribution >= 0.6 is 11.6 Å². The highest BCUT2D eigenvalue weighted by atomic mass is 35.5. The standard InChI is InChI=1S/C26H22ClN3O3/c1-16-8-6-13-21(17(16)2)30-25(32)22(27)23(26(30)33)29-20-12-7-11-19(14-20)24(31)28-15-18-9-4-3-5-10-18/h3-14,29H,15H2,1-2H3,(H,28,31). The highest BCUT2D eigenvalue weighted by molar-refractivity contribution is 6.53. The van der Waals surface area contributed by atoms with Crippen molar-refractivity contribution in [2.45, 2.75) is 20.4 Å². The van der Waals surface area contributed by atoms with Crippen LogP contribution in [0.15, 0.2) is 83.5 Å². The van der Waals surface area contributed by atoms with Crippen LogP contribution in [-0.2, 0) is 16.1 Å². The molecule has 3 aromatic rings. The average molecular weight is 460 g/mol. The second kappa shape index (κ2) is 9.30. The van der Waals surface area contributed by atoms with Gasteiger partial charge in [-0.3, -0.25) is 14.4 Å². The molecule has 0 aromatic heterocycles. The first-order valence-corrected chi connectivity index (χ1v) is 10.8. The van der Waals surface area contributed by atoms with Crippen molar-refractivity contribution < 1.29 is 14.4 Å². The number of anilines is 2. The van der Waals surface area contributed by atoms with Crippen LogP contribution in [0.4, 0.5) is 11.4 Å². The van der Waals surface area contributed by atoms with Gasteiger partial charge in [0.2, 0.25) is 0 Å². The average Bonchev–Trinajstić information content (AvgIpc) is 3.03. The monoisotopic (exact) mass is 459 g/mol. The van der Waals surface area contributed by atoms with E-state index in [9.17, 15) is 14.4 Å². The van der Waals surface area contributed by atoms with Crippen LogP contribution in [0.5, 0.6) is 0 Å². The summed E-state index contributed by atoms with van der Waals surface area (Å²) in [6.45, 7) is 4.15. The Morgan fingerprint density at radius 3 is 2.39 bits per heavy atom. The third-order valence-corrected chi connectivity index (χ3v) is 5.88. The number of carbonyl (C=O) groups excluding carboxylic acids is 3. The smallest absolute Gasteiger partial charge is 0.283 e. The number of hydrogen-bond donors (Lipinski definition) is 2. The molecule has 4 rings (SSSR count). The molecule has 166 valence electrons. The zero-order valence-corrected chi connectivity index (χ0v) is 18.9. The molecule has 0 fully saturated rings. The lowest BCUT2D eigenvalue weighted by Gasteiger charge is -2.18. The molecule has 33 heavy (non-hydrogen) atoms. The van der Waals surface area contributed by atoms with E-state index in [1.807, 2.05) is 50.2 Å². The van der Waals surface area contributed by atoms with Crippen molar-refractivity contribution in [1.82, 2.24) is 5.32 Å². The van der Waals surface area contributed by atoms with Gasteiger partial charge in [-0.05, 0) is 54.8 Å². The number of hydrogen-bond acceptors (Lipinski definition) is 4. The largest absolute Gasteiger partial charge is 0.350 e. The lowest BCUT2D eigenvalue weighted by atomic mass is 10.1. The summed E-state index contributed by atoms with van der Waals surface area (Å²) >= 11 is 6.26. The van der Waals surface area contributed by atoms with Gasteiger partial charge in [-0.2, -0.15) is 0 Å². The summed E-state index contributed by atoms with van der Waals surface area (Å²) < 4.78 is 0. The maximum Gasteiger partial charge on any atom is 0.283 e. The van der Waals surface area contributed by atoms with Crippen molar-refractivity contribution in [2.75, 3.05) is 10.2 Å². The molecule has 0 spiro atoms. The SMILES string of the molecule is Cc1cccc(N2C(=O)C(Cl)=C(Nc3cccc(C(=O)NCc4ccccc4)c3)C2=O)c1C. The summed E-state index contributed by atoms with van der Waals surface area (Å²) in [6.07, 6.45) is 0. The minimum Gasteiger partial charge on any atom is -0.350 e. The normalized spacial score (nSPS) is 13.5. The molecule has 0 radical (unpaired) electrons. The van der Waals surface area contributed by atoms with Gasteiger partial charge in [0.05, 0.1) is 5.69 Å². The number of amides is 3. The van der Waals surface area contributed by atoms with Crippen molar-refractivity contribution in [3.63, 3.8) is 0 Å². The van der Waals surface area contributed by atoms with Crippen molar-refractivity contribution in [3.8, 4) is 0 Å². The molecule has 1 aliphatic rings. The van der Waals surface area contributed by atoms with E-state index in [0.29, 0.717) is 23.5 Å². The van der Waals surface area contributed by atoms with E-state index < -0.39 is 11.8 Å². The highest BCUT2D eigenvalue weighted by Gasteiger charge is 2.39. The third kappa shape index (κ3) is 4.52. The number of halogens is 1. The fraction of sp³-hybridized carbons (Fsp3) is 0.115. The molecule has 0 saturated heterocycles. The number of rotatable bonds is 6. The van der Waals surface area contributed by atoms with E-state index in [1.54, 1.807) is 36.4 Å². The number of nitrogens with zero attached hydrogens (tertiary/aromatic N) is 1. The summed E-state index contributed by atoms with van der Waals surface area (Å²) in [5, 5.41) is 5.60. The molecular formula is C26H22ClN3O3. The number of aryl methyl sites for hydroxylation is 1. The van der Waals surface area contributed by atoms with Crippen LogP contribution in [0.3, 0.4) is 0 Å². The Morgan fingerprint density at radius 1 is 0.909 bits per heavy atom. The molecule has 0 atom stereocenters. The summed E-state index contributed by atoms with van der Waals surface area (Å²) in [6, 6.07) is 21.7. The van der Waals surface area contributed by atoms with Crippen LogP contribution in [0.2, 0.25) is 0 Å². The van der Waals surface area contributed by atoms with Crippen LogP contribution < -0.4 is 15.5 Å². The molecule has 0 saturated carbocycles. The Morgan fingerprint density at radius 2 is 1.64 bits per heavy atom. The lowest BCUT2D eigenvalue weighted by molar-refractivity contribution is -0.120. The number of carbonyl (C=O) groups is 3. The van der Waals surface area contributed by atoms with Crippen LogP contribution in [0, 0.1) is 13.8 Å². The van der Waals surface area contributed by atoms with Gasteiger partial charge >= 0.3 is 0 Å². The van der Waals surface area contributed by atoms with Gasteiger partial charge in [0.25, 0.3) is 17.7 Å². The maximum atomic E-state index is 13.1. The Hall–Kier alpha value is -3.90. The van der Waals surface area contributed by atoms with E-state index in [2.05, 4.69) is 10.6 Å². The van der Waals surface area contributed by atoms with Gasteiger partial charge in [0.1, 0.15) is 10.7 Å². The van der Waals surface area contributed by atoms with Gasteiger partial charge < -0.3 is 10.6 Å². The molecule has 1 aliphatic heterocycles. The second-order valence-corrected chi connectivity index (χ2v) is 8.11. The van der Waals surface area contributed by atoms with Crippen LogP contribution in [0.25, 0.3) is 0 Å². The van der Waals surface area contributed by atoms with Gasteiger partial charge in [-0.15, -0.1) is 0 Å². The maximum absolute atomic E-state index is 13.1. The molecule has 0 unspecified atom stereocenters.